The average Bonchev–Trinajstić information content (AvgIpc) is 3.09. The number of anilines is 2. The highest BCUT2D eigenvalue weighted by molar-refractivity contribution is 7.92. The standard InChI is InChI=1S/C15H16N4O4S2/c1-8-4-5-11-10(7-23-13(11)9(8)2)6-12(20)16-14-17-18-15(24-14)19-25(3,21)22/h4-5,7H,6H2,1-3H3,(H,18,19)(H,16,17,20). The van der Waals surface area contributed by atoms with Crippen LogP contribution >= 0.6 is 11.3 Å². The Morgan fingerprint density at radius 2 is 1.96 bits per heavy atom. The van der Waals surface area contributed by atoms with Crippen LogP contribution in [0, 0.1) is 13.8 Å². The zero-order valence-corrected chi connectivity index (χ0v) is 15.4. The monoisotopic (exact) mass is 380 g/mol. The average molecular weight is 380 g/mol. The van der Waals surface area contributed by atoms with Gasteiger partial charge in [0, 0.05) is 10.9 Å². The first kappa shape index (κ1) is 17.4. The van der Waals surface area contributed by atoms with E-state index in [9.17, 15) is 13.2 Å². The van der Waals surface area contributed by atoms with Crippen LogP contribution in [0.25, 0.3) is 11.0 Å². The number of aryl methyl sites for hydroxylation is 2. The molecule has 1 amide bonds. The van der Waals surface area contributed by atoms with Crippen LogP contribution in [0.5, 0.6) is 0 Å². The van der Waals surface area contributed by atoms with Crippen LogP contribution in [0.2, 0.25) is 0 Å². The summed E-state index contributed by atoms with van der Waals surface area (Å²) in [5.41, 5.74) is 3.72. The van der Waals surface area contributed by atoms with Crippen LogP contribution < -0.4 is 10.0 Å². The lowest BCUT2D eigenvalue weighted by Gasteiger charge is -2.02. The van der Waals surface area contributed by atoms with Crippen LogP contribution in [0.1, 0.15) is 16.7 Å². The summed E-state index contributed by atoms with van der Waals surface area (Å²) in [4.78, 5) is 12.2. The Bertz CT molecular complexity index is 1050. The molecule has 1 aromatic carbocycles. The third-order valence-electron chi connectivity index (χ3n) is 3.64. The van der Waals surface area contributed by atoms with Gasteiger partial charge in [0.15, 0.2) is 0 Å². The molecule has 0 fully saturated rings. The number of fused-ring (bicyclic) bond motifs is 1. The quantitative estimate of drug-likeness (QED) is 0.703. The molecular formula is C15H16N4O4S2. The van der Waals surface area contributed by atoms with Gasteiger partial charge in [0.1, 0.15) is 5.58 Å². The lowest BCUT2D eigenvalue weighted by molar-refractivity contribution is -0.115. The van der Waals surface area contributed by atoms with E-state index in [1.165, 1.54) is 0 Å². The number of nitrogens with one attached hydrogen (secondary N) is 2. The maximum atomic E-state index is 12.2. The molecule has 0 aliphatic rings. The normalized spacial score (nSPS) is 11.6. The summed E-state index contributed by atoms with van der Waals surface area (Å²) in [6.07, 6.45) is 2.71. The molecule has 3 rings (SSSR count). The van der Waals surface area contributed by atoms with Crippen molar-refractivity contribution in [1.29, 1.82) is 0 Å². The van der Waals surface area contributed by atoms with Gasteiger partial charge in [-0.05, 0) is 25.0 Å². The van der Waals surface area contributed by atoms with Crippen molar-refractivity contribution in [3.05, 3.63) is 35.1 Å². The molecule has 0 aliphatic carbocycles. The molecule has 2 aromatic heterocycles. The summed E-state index contributed by atoms with van der Waals surface area (Å²) in [6, 6.07) is 3.92. The van der Waals surface area contributed by atoms with Crippen molar-refractivity contribution in [2.75, 3.05) is 16.3 Å². The third-order valence-corrected chi connectivity index (χ3v) is 5.08. The number of nitrogens with zero attached hydrogens (tertiary/aromatic N) is 2. The molecule has 0 bridgehead atoms. The van der Waals surface area contributed by atoms with E-state index in [-0.39, 0.29) is 22.6 Å². The lowest BCUT2D eigenvalue weighted by atomic mass is 10.0. The highest BCUT2D eigenvalue weighted by Gasteiger charge is 2.15. The van der Waals surface area contributed by atoms with Crippen LogP contribution in [0.4, 0.5) is 10.3 Å². The van der Waals surface area contributed by atoms with E-state index in [1.54, 1.807) is 6.26 Å². The maximum absolute atomic E-state index is 12.2. The van der Waals surface area contributed by atoms with Crippen molar-refractivity contribution < 1.29 is 17.6 Å². The van der Waals surface area contributed by atoms with Gasteiger partial charge >= 0.3 is 0 Å². The van der Waals surface area contributed by atoms with Gasteiger partial charge in [-0.2, -0.15) is 0 Å². The maximum Gasteiger partial charge on any atom is 0.231 e. The molecule has 2 N–H and O–H groups in total. The molecule has 0 radical (unpaired) electrons. The fraction of sp³-hybridized carbons (Fsp3) is 0.267. The van der Waals surface area contributed by atoms with E-state index in [2.05, 4.69) is 20.2 Å². The molecular weight excluding hydrogens is 364 g/mol. The summed E-state index contributed by atoms with van der Waals surface area (Å²) >= 11 is 0.941. The van der Waals surface area contributed by atoms with Crippen LogP contribution in [-0.4, -0.2) is 30.8 Å². The van der Waals surface area contributed by atoms with Gasteiger partial charge in [0.2, 0.25) is 26.2 Å². The Hall–Kier alpha value is -2.46. The smallest absolute Gasteiger partial charge is 0.231 e. The second kappa shape index (κ2) is 6.45. The minimum atomic E-state index is -3.43. The largest absolute Gasteiger partial charge is 0.464 e. The van der Waals surface area contributed by atoms with E-state index in [1.807, 2.05) is 26.0 Å². The zero-order valence-electron chi connectivity index (χ0n) is 13.8. The summed E-state index contributed by atoms with van der Waals surface area (Å²) in [5.74, 6) is -0.289. The van der Waals surface area contributed by atoms with Gasteiger partial charge in [0.25, 0.3) is 0 Å². The Morgan fingerprint density at radius 1 is 1.24 bits per heavy atom. The number of aromatic nitrogens is 2. The lowest BCUT2D eigenvalue weighted by Crippen LogP contribution is -2.14. The van der Waals surface area contributed by atoms with Crippen LogP contribution in [0.3, 0.4) is 0 Å². The van der Waals surface area contributed by atoms with Gasteiger partial charge in [-0.25, -0.2) is 8.42 Å². The van der Waals surface area contributed by atoms with Crippen LogP contribution in [0.15, 0.2) is 22.8 Å². The Balaban J connectivity index is 1.72. The van der Waals surface area contributed by atoms with Gasteiger partial charge in [-0.3, -0.25) is 9.52 Å². The first-order valence-corrected chi connectivity index (χ1v) is 10.0. The second-order valence-corrected chi connectivity index (χ2v) is 8.38. The fourth-order valence-electron chi connectivity index (χ4n) is 2.34. The molecule has 0 saturated carbocycles. The number of carbonyl (C=O) groups is 1. The predicted octanol–water partition coefficient (Wildman–Crippen LogP) is 2.45. The van der Waals surface area contributed by atoms with E-state index in [0.29, 0.717) is 0 Å². The number of furan rings is 1. The summed E-state index contributed by atoms with van der Waals surface area (Å²) < 4.78 is 30.1. The Labute approximate surface area is 148 Å². The number of hydrogen-bond donors (Lipinski definition) is 2. The molecule has 8 nitrogen and oxygen atoms in total. The molecule has 0 spiro atoms. The molecule has 10 heteroatoms. The number of carbonyl (C=O) groups excluding carboxylic acids is 1. The summed E-state index contributed by atoms with van der Waals surface area (Å²) in [5, 5.41) is 11.2. The van der Waals surface area contributed by atoms with Crippen molar-refractivity contribution in [3.8, 4) is 0 Å². The molecule has 0 unspecified atom stereocenters. The van der Waals surface area contributed by atoms with Crippen LogP contribution in [-0.2, 0) is 21.2 Å². The van der Waals surface area contributed by atoms with Gasteiger partial charge in [-0.15, -0.1) is 10.2 Å². The first-order chi connectivity index (χ1) is 11.7. The molecule has 0 saturated heterocycles. The third kappa shape index (κ3) is 3.97. The van der Waals surface area contributed by atoms with Gasteiger partial charge in [-0.1, -0.05) is 23.5 Å². The van der Waals surface area contributed by atoms with Crippen molar-refractivity contribution in [2.24, 2.45) is 0 Å². The molecule has 2 heterocycles. The van der Waals surface area contributed by atoms with E-state index < -0.39 is 10.0 Å². The number of hydrogen-bond acceptors (Lipinski definition) is 7. The minimum absolute atomic E-state index is 0.0951. The number of benzene rings is 1. The van der Waals surface area contributed by atoms with Crippen molar-refractivity contribution >= 4 is 48.5 Å². The predicted molar refractivity (Wildman–Crippen MR) is 96.4 cm³/mol. The minimum Gasteiger partial charge on any atom is -0.464 e. The van der Waals surface area contributed by atoms with E-state index >= 15 is 0 Å². The van der Waals surface area contributed by atoms with Crippen molar-refractivity contribution in [2.45, 2.75) is 20.3 Å². The zero-order chi connectivity index (χ0) is 18.2. The Morgan fingerprint density at radius 3 is 2.68 bits per heavy atom. The van der Waals surface area contributed by atoms with Crippen molar-refractivity contribution in [1.82, 2.24) is 10.2 Å². The highest BCUT2D eigenvalue weighted by Crippen LogP contribution is 2.27. The molecule has 3 aromatic rings. The number of amides is 1. The number of sulfonamides is 1. The van der Waals surface area contributed by atoms with Gasteiger partial charge < -0.3 is 9.73 Å². The SMILES string of the molecule is Cc1ccc2c(CC(=O)Nc3nnc(NS(C)(=O)=O)s3)coc2c1C. The highest BCUT2D eigenvalue weighted by atomic mass is 32.2. The van der Waals surface area contributed by atoms with Crippen molar-refractivity contribution in [3.63, 3.8) is 0 Å². The van der Waals surface area contributed by atoms with Gasteiger partial charge in [0.05, 0.1) is 18.9 Å². The summed E-state index contributed by atoms with van der Waals surface area (Å²) in [7, 11) is -3.43. The second-order valence-electron chi connectivity index (χ2n) is 5.66. The summed E-state index contributed by atoms with van der Waals surface area (Å²) in [6.45, 7) is 3.98. The molecule has 25 heavy (non-hydrogen) atoms. The molecule has 0 atom stereocenters. The van der Waals surface area contributed by atoms with E-state index in [4.69, 9.17) is 4.42 Å². The molecule has 132 valence electrons. The Kier molecular flexibility index (Phi) is 4.48. The first-order valence-electron chi connectivity index (χ1n) is 7.30. The topological polar surface area (TPSA) is 114 Å². The van der Waals surface area contributed by atoms with E-state index in [0.717, 1.165) is 45.3 Å². The fourth-order valence-corrected chi connectivity index (χ4v) is 3.83. The number of rotatable bonds is 5. The molecule has 0 aliphatic heterocycles.